The highest BCUT2D eigenvalue weighted by atomic mass is 19.1. The molecule has 6 nitrogen and oxygen atoms in total. The molecule has 0 radical (unpaired) electrons. The molecule has 3 aromatic rings. The number of amides is 1. The third kappa shape index (κ3) is 4.21. The van der Waals surface area contributed by atoms with Crippen LogP contribution in [0.25, 0.3) is 11.0 Å². The van der Waals surface area contributed by atoms with Gasteiger partial charge in [-0.15, -0.1) is 0 Å². The molecule has 3 rings (SSSR count). The summed E-state index contributed by atoms with van der Waals surface area (Å²) >= 11 is 0. The average molecular weight is 403 g/mol. The second-order valence-corrected chi connectivity index (χ2v) is 6.28. The number of carbonyl (C=O) groups is 2. The Morgan fingerprint density at radius 1 is 1.17 bits per heavy atom. The molecule has 0 saturated heterocycles. The van der Waals surface area contributed by atoms with E-state index in [9.17, 15) is 18.4 Å². The molecular formula is C21H19F2NO5. The summed E-state index contributed by atoms with van der Waals surface area (Å²) in [4.78, 5) is 24.7. The topological polar surface area (TPSA) is 77.8 Å². The van der Waals surface area contributed by atoms with Gasteiger partial charge in [0, 0.05) is 10.9 Å². The average Bonchev–Trinajstić information content (AvgIpc) is 3.01. The predicted octanol–water partition coefficient (Wildman–Crippen LogP) is 4.60. The number of hydrogen-bond donors (Lipinski definition) is 1. The van der Waals surface area contributed by atoms with Crippen molar-refractivity contribution in [3.8, 4) is 5.75 Å². The second kappa shape index (κ2) is 8.30. The van der Waals surface area contributed by atoms with Gasteiger partial charge in [-0.3, -0.25) is 4.79 Å². The first kappa shape index (κ1) is 20.3. The van der Waals surface area contributed by atoms with Gasteiger partial charge in [-0.25, -0.2) is 13.6 Å². The Morgan fingerprint density at radius 2 is 1.86 bits per heavy atom. The van der Waals surface area contributed by atoms with E-state index in [1.807, 2.05) is 6.92 Å². The maximum Gasteiger partial charge on any atom is 0.375 e. The molecule has 0 aliphatic rings. The van der Waals surface area contributed by atoms with E-state index >= 15 is 0 Å². The van der Waals surface area contributed by atoms with Crippen LogP contribution in [0.1, 0.15) is 30.0 Å². The smallest absolute Gasteiger partial charge is 0.375 e. The first-order valence-electron chi connectivity index (χ1n) is 8.93. The fourth-order valence-electron chi connectivity index (χ4n) is 2.76. The number of carbonyl (C=O) groups excluding carboxylic acids is 2. The number of nitrogens with one attached hydrogen (secondary N) is 1. The summed E-state index contributed by atoms with van der Waals surface area (Å²) in [5.41, 5.74) is 0.381. The van der Waals surface area contributed by atoms with E-state index < -0.39 is 35.3 Å². The normalized spacial score (nSPS) is 11.9. The minimum atomic E-state index is -1.31. The minimum absolute atomic E-state index is 0.0645. The molecular weight excluding hydrogens is 384 g/mol. The summed E-state index contributed by atoms with van der Waals surface area (Å²) in [6, 6.07) is 8.30. The van der Waals surface area contributed by atoms with E-state index in [0.29, 0.717) is 28.9 Å². The molecule has 29 heavy (non-hydrogen) atoms. The van der Waals surface area contributed by atoms with Crippen molar-refractivity contribution in [2.45, 2.75) is 26.9 Å². The van der Waals surface area contributed by atoms with E-state index in [4.69, 9.17) is 13.9 Å². The van der Waals surface area contributed by atoms with Crippen LogP contribution in [-0.4, -0.2) is 24.6 Å². The van der Waals surface area contributed by atoms with E-state index in [0.717, 1.165) is 12.1 Å². The number of rotatable bonds is 6. The summed E-state index contributed by atoms with van der Waals surface area (Å²) in [6.07, 6.45) is -1.31. The van der Waals surface area contributed by atoms with Gasteiger partial charge in [-0.1, -0.05) is 6.07 Å². The Bertz CT molecular complexity index is 1060. The molecule has 1 aromatic heterocycles. The van der Waals surface area contributed by atoms with Gasteiger partial charge in [0.05, 0.1) is 6.61 Å². The van der Waals surface area contributed by atoms with Crippen LogP contribution >= 0.6 is 0 Å². The maximum absolute atomic E-state index is 13.7. The van der Waals surface area contributed by atoms with Crippen LogP contribution in [0.15, 0.2) is 40.8 Å². The first-order chi connectivity index (χ1) is 13.8. The number of anilines is 1. The number of para-hydroxylation sites is 1. The highest BCUT2D eigenvalue weighted by Gasteiger charge is 2.25. The van der Waals surface area contributed by atoms with Crippen molar-refractivity contribution in [2.24, 2.45) is 0 Å². The van der Waals surface area contributed by atoms with Crippen molar-refractivity contribution in [3.63, 3.8) is 0 Å². The summed E-state index contributed by atoms with van der Waals surface area (Å²) in [5, 5.41) is 2.76. The number of benzene rings is 2. The zero-order valence-electron chi connectivity index (χ0n) is 16.0. The zero-order valence-corrected chi connectivity index (χ0v) is 16.0. The number of furan rings is 1. The van der Waals surface area contributed by atoms with Gasteiger partial charge in [0.25, 0.3) is 5.91 Å². The van der Waals surface area contributed by atoms with Gasteiger partial charge in [0.2, 0.25) is 5.76 Å². The van der Waals surface area contributed by atoms with Gasteiger partial charge in [-0.05, 0) is 51.1 Å². The maximum atomic E-state index is 13.7. The lowest BCUT2D eigenvalue weighted by atomic mass is 10.1. The number of halogens is 2. The van der Waals surface area contributed by atoms with Gasteiger partial charge in [0.1, 0.15) is 28.7 Å². The van der Waals surface area contributed by atoms with Crippen molar-refractivity contribution in [3.05, 3.63) is 59.4 Å². The van der Waals surface area contributed by atoms with Gasteiger partial charge in [0.15, 0.2) is 6.10 Å². The highest BCUT2D eigenvalue weighted by molar-refractivity contribution is 5.99. The Balaban J connectivity index is 1.75. The lowest BCUT2D eigenvalue weighted by Gasteiger charge is -2.13. The second-order valence-electron chi connectivity index (χ2n) is 6.28. The lowest BCUT2D eigenvalue weighted by molar-refractivity contribution is -0.123. The standard InChI is InChI=1S/C21H19F2NO5/c1-4-27-13-8-9-17-14(10-13)11(2)19(29-17)21(26)28-12(3)20(25)24-18-15(22)6-5-7-16(18)23/h5-10,12H,4H2,1-3H3,(H,24,25)/t12-/m0/s1. The fourth-order valence-corrected chi connectivity index (χ4v) is 2.76. The van der Waals surface area contributed by atoms with Crippen molar-refractivity contribution >= 4 is 28.5 Å². The molecule has 8 heteroatoms. The minimum Gasteiger partial charge on any atom is -0.494 e. The summed E-state index contributed by atoms with van der Waals surface area (Å²) in [5.74, 6) is -3.05. The molecule has 1 heterocycles. The monoisotopic (exact) mass is 403 g/mol. The Kier molecular flexibility index (Phi) is 5.81. The fraction of sp³-hybridized carbons (Fsp3) is 0.238. The Morgan fingerprint density at radius 3 is 2.52 bits per heavy atom. The third-order valence-corrected chi connectivity index (χ3v) is 4.27. The van der Waals surface area contributed by atoms with Crippen molar-refractivity contribution in [1.82, 2.24) is 0 Å². The molecule has 0 saturated carbocycles. The molecule has 0 spiro atoms. The summed E-state index contributed by atoms with van der Waals surface area (Å²) in [6.45, 7) is 5.32. The predicted molar refractivity (Wildman–Crippen MR) is 102 cm³/mol. The van der Waals surface area contributed by atoms with Crippen molar-refractivity contribution < 1.29 is 32.3 Å². The molecule has 0 aliphatic carbocycles. The summed E-state index contributed by atoms with van der Waals surface area (Å²) in [7, 11) is 0. The van der Waals surface area contributed by atoms with Crippen LogP contribution in [0.5, 0.6) is 5.75 Å². The highest BCUT2D eigenvalue weighted by Crippen LogP contribution is 2.29. The van der Waals surface area contributed by atoms with Crippen LogP contribution in [-0.2, 0) is 9.53 Å². The molecule has 152 valence electrons. The molecule has 1 atom stereocenters. The third-order valence-electron chi connectivity index (χ3n) is 4.27. The molecule has 0 aliphatic heterocycles. The number of esters is 1. The van der Waals surface area contributed by atoms with E-state index in [1.165, 1.54) is 13.0 Å². The molecule has 1 N–H and O–H groups in total. The largest absolute Gasteiger partial charge is 0.494 e. The van der Waals surface area contributed by atoms with Crippen molar-refractivity contribution in [1.29, 1.82) is 0 Å². The lowest BCUT2D eigenvalue weighted by Crippen LogP contribution is -2.30. The molecule has 0 bridgehead atoms. The quantitative estimate of drug-likeness (QED) is 0.609. The van der Waals surface area contributed by atoms with Crippen molar-refractivity contribution in [2.75, 3.05) is 11.9 Å². The molecule has 0 unspecified atom stereocenters. The van der Waals surface area contributed by atoms with Gasteiger partial charge >= 0.3 is 5.97 Å². The van der Waals surface area contributed by atoms with Crippen LogP contribution in [0, 0.1) is 18.6 Å². The van der Waals surface area contributed by atoms with Crippen LogP contribution in [0.2, 0.25) is 0 Å². The Hall–Kier alpha value is -3.42. The first-order valence-corrected chi connectivity index (χ1v) is 8.93. The summed E-state index contributed by atoms with van der Waals surface area (Å²) < 4.78 is 43.5. The van der Waals surface area contributed by atoms with E-state index in [-0.39, 0.29) is 5.76 Å². The molecule has 0 fully saturated rings. The Labute approximate surface area is 165 Å². The van der Waals surface area contributed by atoms with E-state index in [1.54, 1.807) is 25.1 Å². The zero-order chi connectivity index (χ0) is 21.1. The van der Waals surface area contributed by atoms with Crippen LogP contribution in [0.3, 0.4) is 0 Å². The van der Waals surface area contributed by atoms with Crippen LogP contribution < -0.4 is 10.1 Å². The molecule has 1 amide bonds. The number of ether oxygens (including phenoxy) is 2. The molecule has 2 aromatic carbocycles. The number of fused-ring (bicyclic) bond motifs is 1. The number of aryl methyl sites for hydroxylation is 1. The van der Waals surface area contributed by atoms with E-state index in [2.05, 4.69) is 5.32 Å². The van der Waals surface area contributed by atoms with Gasteiger partial charge in [-0.2, -0.15) is 0 Å². The SMILES string of the molecule is CCOc1ccc2oc(C(=O)O[C@@H](C)C(=O)Nc3c(F)cccc3F)c(C)c2c1. The number of hydrogen-bond acceptors (Lipinski definition) is 5. The van der Waals surface area contributed by atoms with Crippen LogP contribution in [0.4, 0.5) is 14.5 Å². The van der Waals surface area contributed by atoms with Gasteiger partial charge < -0.3 is 19.2 Å².